The molecule has 8 heteroatoms. The maximum atomic E-state index is 12.7. The number of carbonyl (C=O) groups is 1. The third-order valence-corrected chi connectivity index (χ3v) is 3.96. The highest BCUT2D eigenvalue weighted by Gasteiger charge is 2.15. The predicted molar refractivity (Wildman–Crippen MR) is 93.1 cm³/mol. The van der Waals surface area contributed by atoms with E-state index in [-0.39, 0.29) is 18.1 Å². The molecule has 0 saturated heterocycles. The number of aryl methyl sites for hydroxylation is 1. The van der Waals surface area contributed by atoms with Gasteiger partial charge < -0.3 is 14.8 Å². The Kier molecular flexibility index (Phi) is 4.71. The first kappa shape index (κ1) is 17.0. The molecule has 0 bridgehead atoms. The van der Waals surface area contributed by atoms with E-state index in [1.165, 1.54) is 9.08 Å². The molecule has 0 aliphatic heterocycles. The highest BCUT2D eigenvalue weighted by Crippen LogP contribution is 2.23. The number of aromatic nitrogens is 3. The molecule has 132 valence electrons. The van der Waals surface area contributed by atoms with E-state index in [1.54, 1.807) is 20.3 Å². The Morgan fingerprint density at radius 2 is 2.08 bits per heavy atom. The summed E-state index contributed by atoms with van der Waals surface area (Å²) in [4.78, 5) is 24.7. The molecule has 0 aliphatic carbocycles. The van der Waals surface area contributed by atoms with Gasteiger partial charge in [0.25, 0.3) is 0 Å². The van der Waals surface area contributed by atoms with Crippen molar-refractivity contribution in [1.82, 2.24) is 19.5 Å². The van der Waals surface area contributed by atoms with Gasteiger partial charge in [-0.2, -0.15) is 0 Å². The molecule has 8 nitrogen and oxygen atoms in total. The summed E-state index contributed by atoms with van der Waals surface area (Å²) in [5.74, 6) is 0.426. The summed E-state index contributed by atoms with van der Waals surface area (Å²) in [6, 6.07) is 7.41. The summed E-state index contributed by atoms with van der Waals surface area (Å²) < 4.78 is 12.8. The Bertz CT molecular complexity index is 990. The van der Waals surface area contributed by atoms with E-state index in [0.29, 0.717) is 24.5 Å². The van der Waals surface area contributed by atoms with E-state index in [0.717, 1.165) is 16.5 Å². The van der Waals surface area contributed by atoms with Crippen molar-refractivity contribution in [1.29, 1.82) is 0 Å². The van der Waals surface area contributed by atoms with Gasteiger partial charge in [0.1, 0.15) is 12.3 Å². The minimum Gasteiger partial charge on any atom is -0.497 e. The number of hydrogen-bond acceptors (Lipinski definition) is 5. The van der Waals surface area contributed by atoms with Crippen LogP contribution in [0.1, 0.15) is 5.56 Å². The van der Waals surface area contributed by atoms with E-state index in [4.69, 9.17) is 9.47 Å². The summed E-state index contributed by atoms with van der Waals surface area (Å²) >= 11 is 0. The zero-order chi connectivity index (χ0) is 18.0. The second-order valence-corrected chi connectivity index (χ2v) is 5.69. The Morgan fingerprint density at radius 3 is 2.80 bits per heavy atom. The van der Waals surface area contributed by atoms with E-state index in [2.05, 4.69) is 10.4 Å². The van der Waals surface area contributed by atoms with Crippen LogP contribution in [-0.2, 0) is 16.1 Å². The minimum atomic E-state index is -0.351. The van der Waals surface area contributed by atoms with E-state index in [9.17, 15) is 9.59 Å². The number of pyridine rings is 1. The zero-order valence-corrected chi connectivity index (χ0v) is 14.4. The first-order valence-electron chi connectivity index (χ1n) is 7.87. The molecule has 0 saturated carbocycles. The van der Waals surface area contributed by atoms with Crippen molar-refractivity contribution in [2.24, 2.45) is 0 Å². The first-order chi connectivity index (χ1) is 12.0. The summed E-state index contributed by atoms with van der Waals surface area (Å²) in [7, 11) is 3.15. The minimum absolute atomic E-state index is 0.138. The van der Waals surface area contributed by atoms with Crippen LogP contribution in [0.25, 0.3) is 16.6 Å². The van der Waals surface area contributed by atoms with Crippen molar-refractivity contribution in [3.63, 3.8) is 0 Å². The maximum Gasteiger partial charge on any atom is 0.351 e. The third kappa shape index (κ3) is 3.20. The fourth-order valence-electron chi connectivity index (χ4n) is 2.74. The number of rotatable bonds is 6. The molecular formula is C17H20N4O4. The number of benzene rings is 1. The summed E-state index contributed by atoms with van der Waals surface area (Å²) in [6.45, 7) is 2.54. The van der Waals surface area contributed by atoms with Gasteiger partial charge in [0, 0.05) is 19.0 Å². The molecule has 0 radical (unpaired) electrons. The SMILES string of the molecule is COCCNC(=O)Cn1nc2c(C)cc3cc(OC)ccc3n2c1=O. The van der Waals surface area contributed by atoms with Crippen LogP contribution in [0, 0.1) is 6.92 Å². The molecule has 0 fully saturated rings. The molecule has 0 unspecified atom stereocenters. The number of nitrogens with one attached hydrogen (secondary N) is 1. The number of nitrogens with zero attached hydrogens (tertiary/aromatic N) is 3. The summed E-state index contributed by atoms with van der Waals surface area (Å²) in [6.07, 6.45) is 0. The maximum absolute atomic E-state index is 12.7. The fourth-order valence-corrected chi connectivity index (χ4v) is 2.74. The highest BCUT2D eigenvalue weighted by atomic mass is 16.5. The molecule has 1 N–H and O–H groups in total. The van der Waals surface area contributed by atoms with Gasteiger partial charge in [0.15, 0.2) is 5.65 Å². The van der Waals surface area contributed by atoms with Crippen LogP contribution in [-0.4, -0.2) is 47.5 Å². The van der Waals surface area contributed by atoms with Crippen molar-refractivity contribution >= 4 is 22.5 Å². The molecule has 1 aromatic carbocycles. The van der Waals surface area contributed by atoms with Gasteiger partial charge in [-0.1, -0.05) is 0 Å². The van der Waals surface area contributed by atoms with Gasteiger partial charge in [-0.3, -0.25) is 4.79 Å². The van der Waals surface area contributed by atoms with Crippen LogP contribution >= 0.6 is 0 Å². The molecule has 1 amide bonds. The average molecular weight is 344 g/mol. The normalized spacial score (nSPS) is 11.2. The van der Waals surface area contributed by atoms with Crippen LogP contribution in [0.3, 0.4) is 0 Å². The van der Waals surface area contributed by atoms with Crippen LogP contribution in [0.2, 0.25) is 0 Å². The molecule has 3 rings (SSSR count). The van der Waals surface area contributed by atoms with Gasteiger partial charge in [-0.05, 0) is 36.8 Å². The number of amides is 1. The van der Waals surface area contributed by atoms with Gasteiger partial charge in [-0.25, -0.2) is 13.9 Å². The van der Waals surface area contributed by atoms with Crippen molar-refractivity contribution in [3.8, 4) is 5.75 Å². The molecular weight excluding hydrogens is 324 g/mol. The van der Waals surface area contributed by atoms with Crippen LogP contribution in [0.15, 0.2) is 29.1 Å². The van der Waals surface area contributed by atoms with E-state index < -0.39 is 0 Å². The Balaban J connectivity index is 2.04. The molecule has 0 aliphatic rings. The third-order valence-electron chi connectivity index (χ3n) is 3.96. The van der Waals surface area contributed by atoms with E-state index >= 15 is 0 Å². The second-order valence-electron chi connectivity index (χ2n) is 5.69. The number of carbonyl (C=O) groups excluding carboxylic acids is 1. The summed E-state index contributed by atoms with van der Waals surface area (Å²) in [5, 5.41) is 7.87. The van der Waals surface area contributed by atoms with Gasteiger partial charge >= 0.3 is 5.69 Å². The lowest BCUT2D eigenvalue weighted by Crippen LogP contribution is -2.34. The molecule has 0 atom stereocenters. The summed E-state index contributed by atoms with van der Waals surface area (Å²) in [5.41, 5.74) is 1.75. The van der Waals surface area contributed by atoms with Crippen LogP contribution < -0.4 is 15.7 Å². The number of methoxy groups -OCH3 is 2. The molecule has 0 spiro atoms. The van der Waals surface area contributed by atoms with Crippen molar-refractivity contribution < 1.29 is 14.3 Å². The van der Waals surface area contributed by atoms with Crippen molar-refractivity contribution in [2.45, 2.75) is 13.5 Å². The standard InChI is InChI=1S/C17H20N4O4/c1-11-8-12-9-13(25-3)4-5-14(12)21-16(11)19-20(17(21)23)10-15(22)18-6-7-24-2/h4-5,8-9H,6-7,10H2,1-3H3,(H,18,22). The zero-order valence-electron chi connectivity index (χ0n) is 14.4. The van der Waals surface area contributed by atoms with Crippen LogP contribution in [0.5, 0.6) is 5.75 Å². The second kappa shape index (κ2) is 6.94. The first-order valence-corrected chi connectivity index (χ1v) is 7.87. The average Bonchev–Trinajstić information content (AvgIpc) is 2.92. The van der Waals surface area contributed by atoms with Crippen molar-refractivity contribution in [3.05, 3.63) is 40.3 Å². The van der Waals surface area contributed by atoms with Gasteiger partial charge in [0.05, 0.1) is 19.2 Å². The number of hydrogen-bond donors (Lipinski definition) is 1. The number of fused-ring (bicyclic) bond motifs is 3. The Hall–Kier alpha value is -2.87. The molecule has 2 heterocycles. The monoisotopic (exact) mass is 344 g/mol. The predicted octanol–water partition coefficient (Wildman–Crippen LogP) is 0.729. The largest absolute Gasteiger partial charge is 0.497 e. The lowest BCUT2D eigenvalue weighted by atomic mass is 10.1. The van der Waals surface area contributed by atoms with Crippen LogP contribution in [0.4, 0.5) is 0 Å². The van der Waals surface area contributed by atoms with Gasteiger partial charge in [-0.15, -0.1) is 5.10 Å². The highest BCUT2D eigenvalue weighted by molar-refractivity contribution is 5.84. The molecule has 3 aromatic rings. The lowest BCUT2D eigenvalue weighted by molar-refractivity contribution is -0.122. The van der Waals surface area contributed by atoms with E-state index in [1.807, 2.05) is 25.1 Å². The Labute approximate surface area is 144 Å². The molecule has 25 heavy (non-hydrogen) atoms. The quantitative estimate of drug-likeness (QED) is 0.666. The smallest absolute Gasteiger partial charge is 0.351 e. The van der Waals surface area contributed by atoms with Crippen molar-refractivity contribution in [2.75, 3.05) is 27.4 Å². The fraction of sp³-hybridized carbons (Fsp3) is 0.353. The topological polar surface area (TPSA) is 86.9 Å². The molecule has 2 aromatic heterocycles. The van der Waals surface area contributed by atoms with Gasteiger partial charge in [0.2, 0.25) is 5.91 Å². The Morgan fingerprint density at radius 1 is 1.28 bits per heavy atom. The number of ether oxygens (including phenoxy) is 2. The lowest BCUT2D eigenvalue weighted by Gasteiger charge is -2.05.